The molecule has 1 fully saturated rings. The Labute approximate surface area is 117 Å². The van der Waals surface area contributed by atoms with E-state index < -0.39 is 11.4 Å². The number of nitrogens with zero attached hydrogens (tertiary/aromatic N) is 3. The first-order valence-electron chi connectivity index (χ1n) is 6.93. The van der Waals surface area contributed by atoms with Crippen molar-refractivity contribution in [3.63, 3.8) is 0 Å². The molecule has 1 heterocycles. The minimum atomic E-state index is -0.749. The van der Waals surface area contributed by atoms with Gasteiger partial charge in [0.1, 0.15) is 0 Å². The molecular formula is C15H17N3O2. The molecule has 0 bridgehead atoms. The van der Waals surface area contributed by atoms with Crippen molar-refractivity contribution in [1.82, 2.24) is 15.0 Å². The van der Waals surface area contributed by atoms with E-state index in [4.69, 9.17) is 0 Å². The Hall–Kier alpha value is -2.17. The van der Waals surface area contributed by atoms with Gasteiger partial charge in [0, 0.05) is 0 Å². The summed E-state index contributed by atoms with van der Waals surface area (Å²) < 4.78 is 0. The van der Waals surface area contributed by atoms with Crippen molar-refractivity contribution in [2.24, 2.45) is 0 Å². The van der Waals surface area contributed by atoms with E-state index in [1.165, 1.54) is 4.80 Å². The molecule has 0 saturated heterocycles. The normalized spacial score (nSPS) is 17.8. The quantitative estimate of drug-likeness (QED) is 0.931. The van der Waals surface area contributed by atoms with E-state index in [9.17, 15) is 9.90 Å². The lowest BCUT2D eigenvalue weighted by atomic mass is 9.69. The topological polar surface area (TPSA) is 68.0 Å². The standard InChI is InChI=1S/C15H17N3O2/c19-14(20)15(7-2-1-3-8-15)12-5-4-6-13(11-12)18-16-9-10-17-18/h4-6,9-11H,1-3,7-8H2,(H,19,20). The van der Waals surface area contributed by atoms with Crippen LogP contribution in [0.1, 0.15) is 37.7 Å². The molecule has 0 atom stereocenters. The molecular weight excluding hydrogens is 254 g/mol. The van der Waals surface area contributed by atoms with E-state index in [1.54, 1.807) is 12.4 Å². The zero-order valence-corrected chi connectivity index (χ0v) is 11.2. The molecule has 0 aliphatic heterocycles. The fourth-order valence-electron chi connectivity index (χ4n) is 3.06. The van der Waals surface area contributed by atoms with Crippen molar-refractivity contribution in [3.8, 4) is 5.69 Å². The second-order valence-corrected chi connectivity index (χ2v) is 5.32. The number of aliphatic carboxylic acids is 1. The third kappa shape index (κ3) is 2.09. The first-order chi connectivity index (χ1) is 9.72. The van der Waals surface area contributed by atoms with Crippen LogP contribution in [0.3, 0.4) is 0 Å². The Morgan fingerprint density at radius 3 is 2.50 bits per heavy atom. The van der Waals surface area contributed by atoms with Gasteiger partial charge in [-0.2, -0.15) is 15.0 Å². The number of aromatic nitrogens is 3. The largest absolute Gasteiger partial charge is 0.481 e. The van der Waals surface area contributed by atoms with Crippen molar-refractivity contribution >= 4 is 5.97 Å². The molecule has 0 amide bonds. The van der Waals surface area contributed by atoms with Gasteiger partial charge in [0.15, 0.2) is 0 Å². The van der Waals surface area contributed by atoms with Crippen LogP contribution < -0.4 is 0 Å². The molecule has 1 aromatic heterocycles. The van der Waals surface area contributed by atoms with Gasteiger partial charge in [-0.15, -0.1) is 0 Å². The van der Waals surface area contributed by atoms with Crippen molar-refractivity contribution in [3.05, 3.63) is 42.2 Å². The molecule has 1 aliphatic carbocycles. The summed E-state index contributed by atoms with van der Waals surface area (Å²) in [6.45, 7) is 0. The van der Waals surface area contributed by atoms with Crippen molar-refractivity contribution in [1.29, 1.82) is 0 Å². The summed E-state index contributed by atoms with van der Waals surface area (Å²) in [5.74, 6) is -0.720. The predicted molar refractivity (Wildman–Crippen MR) is 73.8 cm³/mol. The lowest BCUT2D eigenvalue weighted by Gasteiger charge is -2.33. The van der Waals surface area contributed by atoms with Crippen LogP contribution in [-0.4, -0.2) is 26.1 Å². The van der Waals surface area contributed by atoms with Crippen LogP contribution in [0, 0.1) is 0 Å². The number of hydrogen-bond donors (Lipinski definition) is 1. The van der Waals surface area contributed by atoms with Crippen LogP contribution >= 0.6 is 0 Å². The number of carboxylic acid groups (broad SMARTS) is 1. The van der Waals surface area contributed by atoms with Crippen LogP contribution in [-0.2, 0) is 10.2 Å². The molecule has 2 aromatic rings. The van der Waals surface area contributed by atoms with E-state index in [1.807, 2.05) is 24.3 Å². The summed E-state index contributed by atoms with van der Waals surface area (Å²) in [5.41, 5.74) is 0.916. The summed E-state index contributed by atoms with van der Waals surface area (Å²) in [4.78, 5) is 13.4. The van der Waals surface area contributed by atoms with E-state index in [-0.39, 0.29) is 0 Å². The highest BCUT2D eigenvalue weighted by Crippen LogP contribution is 2.40. The average Bonchev–Trinajstić information content (AvgIpc) is 3.02. The second-order valence-electron chi connectivity index (χ2n) is 5.32. The third-order valence-electron chi connectivity index (χ3n) is 4.16. The number of carbonyl (C=O) groups is 1. The van der Waals surface area contributed by atoms with Gasteiger partial charge < -0.3 is 5.11 Å². The highest BCUT2D eigenvalue weighted by molar-refractivity contribution is 5.81. The molecule has 1 aromatic carbocycles. The fourth-order valence-corrected chi connectivity index (χ4v) is 3.06. The Balaban J connectivity index is 2.04. The van der Waals surface area contributed by atoms with Crippen molar-refractivity contribution in [2.45, 2.75) is 37.5 Å². The maximum atomic E-state index is 11.8. The zero-order chi connectivity index (χ0) is 14.0. The van der Waals surface area contributed by atoms with Crippen LogP contribution in [0.2, 0.25) is 0 Å². The molecule has 3 rings (SSSR count). The summed E-state index contributed by atoms with van der Waals surface area (Å²) in [6, 6.07) is 7.58. The van der Waals surface area contributed by atoms with Gasteiger partial charge in [-0.05, 0) is 30.5 Å². The monoisotopic (exact) mass is 271 g/mol. The zero-order valence-electron chi connectivity index (χ0n) is 11.2. The minimum absolute atomic E-state index is 0.707. The van der Waals surface area contributed by atoms with Gasteiger partial charge in [0.25, 0.3) is 0 Å². The van der Waals surface area contributed by atoms with Gasteiger partial charge in [-0.25, -0.2) is 0 Å². The first kappa shape index (κ1) is 12.8. The van der Waals surface area contributed by atoms with Crippen molar-refractivity contribution in [2.75, 3.05) is 0 Å². The molecule has 0 radical (unpaired) electrons. The van der Waals surface area contributed by atoms with Gasteiger partial charge in [-0.3, -0.25) is 4.79 Å². The van der Waals surface area contributed by atoms with Gasteiger partial charge in [0.05, 0.1) is 23.5 Å². The minimum Gasteiger partial charge on any atom is -0.481 e. The van der Waals surface area contributed by atoms with Gasteiger partial charge in [0.2, 0.25) is 0 Å². The maximum absolute atomic E-state index is 11.8. The highest BCUT2D eigenvalue weighted by Gasteiger charge is 2.41. The average molecular weight is 271 g/mol. The van der Waals surface area contributed by atoms with Crippen LogP contribution in [0.4, 0.5) is 0 Å². The second kappa shape index (κ2) is 5.07. The first-order valence-corrected chi connectivity index (χ1v) is 6.93. The molecule has 5 nitrogen and oxygen atoms in total. The fraction of sp³-hybridized carbons (Fsp3) is 0.400. The lowest BCUT2D eigenvalue weighted by Crippen LogP contribution is -2.37. The van der Waals surface area contributed by atoms with Crippen LogP contribution in [0.25, 0.3) is 5.69 Å². The molecule has 5 heteroatoms. The predicted octanol–water partition coefficient (Wildman–Crippen LogP) is 2.55. The summed E-state index contributed by atoms with van der Waals surface area (Å²) in [6.07, 6.45) is 7.69. The van der Waals surface area contributed by atoms with Crippen LogP contribution in [0.15, 0.2) is 36.7 Å². The molecule has 1 saturated carbocycles. The lowest BCUT2D eigenvalue weighted by molar-refractivity contribution is -0.145. The SMILES string of the molecule is O=C(O)C1(c2cccc(-n3nccn3)c2)CCCCC1. The number of rotatable bonds is 3. The van der Waals surface area contributed by atoms with Crippen LogP contribution in [0.5, 0.6) is 0 Å². The molecule has 1 aliphatic rings. The van der Waals surface area contributed by atoms with Gasteiger partial charge in [-0.1, -0.05) is 31.4 Å². The smallest absolute Gasteiger partial charge is 0.314 e. The van der Waals surface area contributed by atoms with Crippen molar-refractivity contribution < 1.29 is 9.90 Å². The van der Waals surface area contributed by atoms with Gasteiger partial charge >= 0.3 is 5.97 Å². The Kier molecular flexibility index (Phi) is 3.26. The molecule has 0 unspecified atom stereocenters. The Morgan fingerprint density at radius 2 is 1.85 bits per heavy atom. The van der Waals surface area contributed by atoms with E-state index >= 15 is 0 Å². The summed E-state index contributed by atoms with van der Waals surface area (Å²) in [7, 11) is 0. The number of carboxylic acids is 1. The molecule has 104 valence electrons. The number of benzene rings is 1. The Morgan fingerprint density at radius 1 is 1.15 bits per heavy atom. The number of hydrogen-bond acceptors (Lipinski definition) is 3. The Bertz CT molecular complexity index is 601. The molecule has 1 N–H and O–H groups in total. The maximum Gasteiger partial charge on any atom is 0.314 e. The molecule has 0 spiro atoms. The van der Waals surface area contributed by atoms with E-state index in [0.29, 0.717) is 12.8 Å². The van der Waals surface area contributed by atoms with E-state index in [0.717, 1.165) is 30.5 Å². The summed E-state index contributed by atoms with van der Waals surface area (Å²) >= 11 is 0. The van der Waals surface area contributed by atoms with E-state index in [2.05, 4.69) is 10.2 Å². The molecule has 20 heavy (non-hydrogen) atoms. The highest BCUT2D eigenvalue weighted by atomic mass is 16.4. The summed E-state index contributed by atoms with van der Waals surface area (Å²) in [5, 5.41) is 17.9. The third-order valence-corrected chi connectivity index (χ3v) is 4.16.